The Hall–Kier alpha value is -3.47. The first-order valence-electron chi connectivity index (χ1n) is 10.9. The zero-order chi connectivity index (χ0) is 23.6. The van der Waals surface area contributed by atoms with Gasteiger partial charge in [-0.15, -0.1) is 10.2 Å². The molecule has 11 heteroatoms. The number of hydrogen-bond acceptors (Lipinski definition) is 7. The maximum Gasteiger partial charge on any atom is 0.410 e. The maximum atomic E-state index is 12.8. The van der Waals surface area contributed by atoms with Crippen LogP contribution in [0.15, 0.2) is 31.0 Å². The highest BCUT2D eigenvalue weighted by Gasteiger charge is 2.23. The lowest BCUT2D eigenvalue weighted by Crippen LogP contribution is -2.38. The van der Waals surface area contributed by atoms with Gasteiger partial charge in [-0.1, -0.05) is 0 Å². The van der Waals surface area contributed by atoms with E-state index < -0.39 is 11.7 Å². The number of carbonyl (C=O) groups excluding carboxylic acids is 2. The molecule has 1 aromatic carbocycles. The number of fused-ring (bicyclic) bond motifs is 1. The lowest BCUT2D eigenvalue weighted by Gasteiger charge is -2.24. The van der Waals surface area contributed by atoms with Crippen LogP contribution in [-0.4, -0.2) is 67.2 Å². The Morgan fingerprint density at radius 2 is 2.00 bits per heavy atom. The molecule has 33 heavy (non-hydrogen) atoms. The first kappa shape index (κ1) is 22.7. The second-order valence-electron chi connectivity index (χ2n) is 9.09. The van der Waals surface area contributed by atoms with E-state index in [0.717, 1.165) is 35.9 Å². The summed E-state index contributed by atoms with van der Waals surface area (Å²) in [6.07, 6.45) is 7.14. The van der Waals surface area contributed by atoms with E-state index in [4.69, 9.17) is 9.47 Å². The Morgan fingerprint density at radius 3 is 2.67 bits per heavy atom. The van der Waals surface area contributed by atoms with Crippen LogP contribution in [0.4, 0.5) is 10.5 Å². The molecule has 2 amide bonds. The van der Waals surface area contributed by atoms with Crippen LogP contribution in [0.3, 0.4) is 0 Å². The standard InChI is InChI=1S/C22H29N7O4/c1-22(2,3)33-21(31)27(4)12-19(30)26-17-9-15(28-13-23-24-14-28)10-18-16(17)11-25-29(18)20-7-5-6-8-32-20/h9-11,13-14,20H,5-8,12H2,1-4H3,(H,26,30). The van der Waals surface area contributed by atoms with E-state index >= 15 is 0 Å². The molecule has 3 heterocycles. The van der Waals surface area contributed by atoms with Gasteiger partial charge in [0.05, 0.1) is 23.1 Å². The minimum Gasteiger partial charge on any atom is -0.444 e. The Balaban J connectivity index is 1.61. The molecule has 1 fully saturated rings. The van der Waals surface area contributed by atoms with E-state index in [2.05, 4.69) is 20.6 Å². The van der Waals surface area contributed by atoms with Gasteiger partial charge in [0, 0.05) is 19.0 Å². The summed E-state index contributed by atoms with van der Waals surface area (Å²) in [7, 11) is 1.52. The van der Waals surface area contributed by atoms with Crippen molar-refractivity contribution in [1.82, 2.24) is 29.4 Å². The predicted octanol–water partition coefficient (Wildman–Crippen LogP) is 3.12. The molecule has 1 unspecified atom stereocenters. The molecule has 2 aromatic heterocycles. The normalized spacial score (nSPS) is 16.5. The van der Waals surface area contributed by atoms with Crippen molar-refractivity contribution in [3.8, 4) is 5.69 Å². The van der Waals surface area contributed by atoms with Crippen molar-refractivity contribution < 1.29 is 19.1 Å². The van der Waals surface area contributed by atoms with Crippen molar-refractivity contribution in [3.05, 3.63) is 31.0 Å². The van der Waals surface area contributed by atoms with Crippen LogP contribution in [0.25, 0.3) is 16.6 Å². The van der Waals surface area contributed by atoms with E-state index in [0.29, 0.717) is 12.3 Å². The maximum absolute atomic E-state index is 12.8. The molecule has 4 rings (SSSR count). The summed E-state index contributed by atoms with van der Waals surface area (Å²) < 4.78 is 14.8. The number of benzene rings is 1. The van der Waals surface area contributed by atoms with E-state index in [1.807, 2.05) is 16.8 Å². The third-order valence-corrected chi connectivity index (χ3v) is 5.21. The fourth-order valence-corrected chi connectivity index (χ4v) is 3.67. The largest absolute Gasteiger partial charge is 0.444 e. The number of hydrogen-bond donors (Lipinski definition) is 1. The molecule has 1 atom stereocenters. The molecule has 0 radical (unpaired) electrons. The highest BCUT2D eigenvalue weighted by molar-refractivity contribution is 6.03. The molecule has 0 spiro atoms. The lowest BCUT2D eigenvalue weighted by atomic mass is 10.1. The minimum absolute atomic E-state index is 0.158. The number of ether oxygens (including phenoxy) is 2. The van der Waals surface area contributed by atoms with Gasteiger partial charge >= 0.3 is 6.09 Å². The Bertz CT molecular complexity index is 1130. The number of carbonyl (C=O) groups is 2. The zero-order valence-corrected chi connectivity index (χ0v) is 19.3. The van der Waals surface area contributed by atoms with Crippen molar-refractivity contribution in [2.75, 3.05) is 25.5 Å². The highest BCUT2D eigenvalue weighted by atomic mass is 16.6. The first-order valence-corrected chi connectivity index (χ1v) is 10.9. The van der Waals surface area contributed by atoms with Crippen molar-refractivity contribution in [1.29, 1.82) is 0 Å². The number of anilines is 1. The van der Waals surface area contributed by atoms with Crippen molar-refractivity contribution in [2.24, 2.45) is 0 Å². The third kappa shape index (κ3) is 5.30. The summed E-state index contributed by atoms with van der Waals surface area (Å²) in [4.78, 5) is 26.3. The Kier molecular flexibility index (Phi) is 6.32. The SMILES string of the molecule is CN(CC(=O)Nc1cc(-n2cnnc2)cc2c1cnn2C1CCCCO1)C(=O)OC(C)(C)C. The molecule has 1 saturated heterocycles. The summed E-state index contributed by atoms with van der Waals surface area (Å²) >= 11 is 0. The van der Waals surface area contributed by atoms with E-state index in [1.165, 1.54) is 11.9 Å². The van der Waals surface area contributed by atoms with Gasteiger partial charge < -0.3 is 19.7 Å². The summed E-state index contributed by atoms with van der Waals surface area (Å²) in [5, 5.41) is 16.0. The van der Waals surface area contributed by atoms with Gasteiger partial charge in [0.2, 0.25) is 5.91 Å². The monoisotopic (exact) mass is 455 g/mol. The number of nitrogens with zero attached hydrogens (tertiary/aromatic N) is 6. The van der Waals surface area contributed by atoms with Crippen LogP contribution >= 0.6 is 0 Å². The summed E-state index contributed by atoms with van der Waals surface area (Å²) in [5.41, 5.74) is 1.52. The molecule has 1 aliphatic rings. The van der Waals surface area contributed by atoms with Gasteiger partial charge in [0.25, 0.3) is 0 Å². The van der Waals surface area contributed by atoms with Crippen LogP contribution in [0.5, 0.6) is 0 Å². The van der Waals surface area contributed by atoms with Crippen LogP contribution in [-0.2, 0) is 14.3 Å². The molecule has 0 bridgehead atoms. The fraction of sp³-hybridized carbons (Fsp3) is 0.500. The number of likely N-dealkylation sites (N-methyl/N-ethyl adjacent to an activating group) is 1. The van der Waals surface area contributed by atoms with Crippen LogP contribution in [0.2, 0.25) is 0 Å². The van der Waals surface area contributed by atoms with Crippen LogP contribution in [0.1, 0.15) is 46.3 Å². The smallest absolute Gasteiger partial charge is 0.410 e. The molecule has 0 aliphatic carbocycles. The average molecular weight is 456 g/mol. The third-order valence-electron chi connectivity index (χ3n) is 5.21. The van der Waals surface area contributed by atoms with Crippen LogP contribution in [0, 0.1) is 0 Å². The summed E-state index contributed by atoms with van der Waals surface area (Å²) in [6, 6.07) is 3.79. The molecule has 1 N–H and O–H groups in total. The molecular weight excluding hydrogens is 426 g/mol. The molecule has 3 aromatic rings. The van der Waals surface area contributed by atoms with Crippen LogP contribution < -0.4 is 5.32 Å². The highest BCUT2D eigenvalue weighted by Crippen LogP contribution is 2.32. The van der Waals surface area contributed by atoms with Crippen molar-refractivity contribution in [2.45, 2.75) is 51.9 Å². The molecule has 1 aliphatic heterocycles. The average Bonchev–Trinajstić information content (AvgIpc) is 3.43. The second-order valence-corrected chi connectivity index (χ2v) is 9.09. The Morgan fingerprint density at radius 1 is 1.24 bits per heavy atom. The fourth-order valence-electron chi connectivity index (χ4n) is 3.67. The van der Waals surface area contributed by atoms with Gasteiger partial charge in [-0.05, 0) is 52.2 Å². The number of amides is 2. The second kappa shape index (κ2) is 9.18. The molecule has 11 nitrogen and oxygen atoms in total. The number of nitrogens with one attached hydrogen (secondary N) is 1. The molecular formula is C22H29N7O4. The predicted molar refractivity (Wildman–Crippen MR) is 121 cm³/mol. The summed E-state index contributed by atoms with van der Waals surface area (Å²) in [5.74, 6) is -0.354. The van der Waals surface area contributed by atoms with Crippen molar-refractivity contribution in [3.63, 3.8) is 0 Å². The van der Waals surface area contributed by atoms with E-state index in [-0.39, 0.29) is 18.7 Å². The van der Waals surface area contributed by atoms with Gasteiger partial charge in [-0.3, -0.25) is 9.36 Å². The minimum atomic E-state index is -0.642. The topological polar surface area (TPSA) is 116 Å². The zero-order valence-electron chi connectivity index (χ0n) is 19.3. The van der Waals surface area contributed by atoms with Gasteiger partial charge in [-0.25, -0.2) is 9.48 Å². The van der Waals surface area contributed by atoms with Gasteiger partial charge in [0.15, 0.2) is 6.23 Å². The summed E-state index contributed by atoms with van der Waals surface area (Å²) in [6.45, 7) is 5.87. The van der Waals surface area contributed by atoms with Crippen molar-refractivity contribution >= 4 is 28.6 Å². The number of rotatable bonds is 5. The van der Waals surface area contributed by atoms with E-state index in [1.54, 1.807) is 44.2 Å². The number of aromatic nitrogens is 5. The lowest BCUT2D eigenvalue weighted by molar-refractivity contribution is -0.117. The first-order chi connectivity index (χ1) is 15.7. The van der Waals surface area contributed by atoms with Gasteiger partial charge in [-0.2, -0.15) is 5.10 Å². The Labute approximate surface area is 191 Å². The quantitative estimate of drug-likeness (QED) is 0.628. The molecule has 0 saturated carbocycles. The van der Waals surface area contributed by atoms with Gasteiger partial charge in [0.1, 0.15) is 24.8 Å². The molecule has 176 valence electrons. The van der Waals surface area contributed by atoms with E-state index in [9.17, 15) is 9.59 Å².